The summed E-state index contributed by atoms with van der Waals surface area (Å²) in [6.07, 6.45) is -0.264. The Labute approximate surface area is 429 Å². The highest BCUT2D eigenvalue weighted by atomic mass is 16.7. The molecule has 0 aromatic rings. The predicted octanol–water partition coefficient (Wildman–Crippen LogP) is 6.27. The van der Waals surface area contributed by atoms with Crippen molar-refractivity contribution in [3.05, 3.63) is 0 Å². The molecule has 0 bridgehead atoms. The van der Waals surface area contributed by atoms with Gasteiger partial charge in [0, 0.05) is 51.3 Å². The maximum Gasteiger partial charge on any atom is 0.422 e. The Morgan fingerprint density at radius 1 is 0.889 bits per heavy atom. The van der Waals surface area contributed by atoms with Crippen molar-refractivity contribution in [2.45, 2.75) is 244 Å². The summed E-state index contributed by atoms with van der Waals surface area (Å²) in [7, 11) is 5.31. The highest BCUT2D eigenvalue weighted by Gasteiger charge is 2.55. The zero-order chi connectivity index (χ0) is 53.3. The molecule has 72 heavy (non-hydrogen) atoms. The molecule has 18 atom stereocenters. The smallest absolute Gasteiger partial charge is 0.422 e. The summed E-state index contributed by atoms with van der Waals surface area (Å²) < 4.78 is 51.3. The van der Waals surface area contributed by atoms with Gasteiger partial charge in [0.1, 0.15) is 23.9 Å². The van der Waals surface area contributed by atoms with Crippen molar-refractivity contribution in [2.24, 2.45) is 34.7 Å². The van der Waals surface area contributed by atoms with Crippen LogP contribution in [0.3, 0.4) is 0 Å². The van der Waals surface area contributed by atoms with E-state index in [1.54, 1.807) is 41.5 Å². The molecule has 416 valence electrons. The molecular formula is C53H94N4O15. The molecule has 19 nitrogen and oxygen atoms in total. The molecule has 4 saturated heterocycles. The first-order valence-corrected chi connectivity index (χ1v) is 27.1. The van der Waals surface area contributed by atoms with Crippen molar-refractivity contribution in [2.75, 3.05) is 40.9 Å². The van der Waals surface area contributed by atoms with Crippen molar-refractivity contribution in [3.8, 4) is 0 Å². The standard InChI is InChI=1S/C53H94N4O15/c1-15-40-53(11,63)45(59)33(4)42(55-65-27-21-24-38-22-17-16-18-23-38)31(2)29-51(9,62)46(72-49-44(39(56(12)13)28-32(3)66-49)71-50(61)54-57-25-19-20-26-57)34(5)43(35(6)48(60)69-40)70-41-30-52(10,64-14)47(36(7)67-41)68-37(8)58/h31-36,38-41,43-47,49,59,62-63H,15-30H2,1-14H3,(H,54,61)/b55-42+/t31-,32-,33+,34+,35-,36+,39+,40-,41+,43+,44-,45-,46-,47+,49+,51?,52-,53-/m1/s1. The molecule has 0 spiro atoms. The maximum absolute atomic E-state index is 14.8. The SMILES string of the molecule is CC[C@H]1OC(=O)[C@H](C)[C@@H](O[C@H]2C[C@@](C)(OC)[C@@H](OC(C)=O)[C@H](C)O2)[C@H](C)[C@@H](O[C@@H]2O[C@H](C)C[C@H](N(C)C)[C@H]2OC(=O)NN2CCCC2)C(C)(O)C[C@@H](C)/C(=N\OCCCC2CCCCC2)[C@H](C)[C@@H](O)[C@]1(C)O. The van der Waals surface area contributed by atoms with Gasteiger partial charge >= 0.3 is 18.0 Å². The Kier molecular flexibility index (Phi) is 22.0. The number of aliphatic hydroxyl groups excluding tert-OH is 1. The average molecular weight is 1030 g/mol. The van der Waals surface area contributed by atoms with Crippen LogP contribution in [-0.2, 0) is 52.3 Å². The van der Waals surface area contributed by atoms with Crippen LogP contribution in [0.2, 0.25) is 0 Å². The highest BCUT2D eigenvalue weighted by Crippen LogP contribution is 2.42. The number of aliphatic hydroxyl groups is 3. The number of hydrazine groups is 1. The molecule has 0 aromatic carbocycles. The van der Waals surface area contributed by atoms with Gasteiger partial charge in [0.05, 0.1) is 53.8 Å². The number of oxime groups is 1. The normalized spacial score (nSPS) is 41.9. The Morgan fingerprint density at radius 3 is 2.17 bits per heavy atom. The van der Waals surface area contributed by atoms with Gasteiger partial charge in [-0.3, -0.25) is 15.0 Å². The van der Waals surface area contributed by atoms with Crippen LogP contribution in [-0.4, -0.2) is 174 Å². The molecule has 0 aromatic heterocycles. The highest BCUT2D eigenvalue weighted by molar-refractivity contribution is 5.88. The van der Waals surface area contributed by atoms with Crippen LogP contribution in [0, 0.1) is 29.6 Å². The number of rotatable bonds is 15. The first-order chi connectivity index (χ1) is 33.8. The van der Waals surface area contributed by atoms with Gasteiger partial charge in [0.2, 0.25) is 0 Å². The molecule has 0 radical (unpaired) electrons. The van der Waals surface area contributed by atoms with E-state index in [4.69, 9.17) is 47.9 Å². The van der Waals surface area contributed by atoms with E-state index in [-0.39, 0.29) is 31.4 Å². The van der Waals surface area contributed by atoms with Crippen molar-refractivity contribution < 1.29 is 72.4 Å². The lowest BCUT2D eigenvalue weighted by molar-refractivity contribution is -0.318. The van der Waals surface area contributed by atoms with Gasteiger partial charge in [-0.15, -0.1) is 0 Å². The van der Waals surface area contributed by atoms with Crippen LogP contribution >= 0.6 is 0 Å². The summed E-state index contributed by atoms with van der Waals surface area (Å²) in [6, 6.07) is -0.370. The van der Waals surface area contributed by atoms with Gasteiger partial charge in [-0.2, -0.15) is 0 Å². The number of cyclic esters (lactones) is 1. The second-order valence-corrected chi connectivity index (χ2v) is 22.8. The number of esters is 2. The van der Waals surface area contributed by atoms with Gasteiger partial charge < -0.3 is 63.0 Å². The minimum absolute atomic E-state index is 0.0165. The lowest BCUT2D eigenvalue weighted by atomic mass is 9.73. The van der Waals surface area contributed by atoms with Gasteiger partial charge in [-0.25, -0.2) is 9.80 Å². The largest absolute Gasteiger partial charge is 0.459 e. The lowest BCUT2D eigenvalue weighted by Gasteiger charge is -2.49. The summed E-state index contributed by atoms with van der Waals surface area (Å²) in [5, 5.41) is 44.2. The Bertz CT molecular complexity index is 1760. The second-order valence-electron chi connectivity index (χ2n) is 22.8. The van der Waals surface area contributed by atoms with E-state index in [1.807, 2.05) is 44.8 Å². The van der Waals surface area contributed by atoms with Gasteiger partial charge in [-0.05, 0) is 107 Å². The molecule has 1 amide bonds. The maximum atomic E-state index is 14.8. The number of carbonyl (C=O) groups excluding carboxylic acids is 3. The molecule has 1 aliphatic carbocycles. The molecule has 1 saturated carbocycles. The van der Waals surface area contributed by atoms with Crippen LogP contribution in [0.25, 0.3) is 0 Å². The van der Waals surface area contributed by atoms with E-state index in [9.17, 15) is 29.7 Å². The van der Waals surface area contributed by atoms with Crippen molar-refractivity contribution in [1.29, 1.82) is 0 Å². The summed E-state index contributed by atoms with van der Waals surface area (Å²) in [6.45, 7) is 20.4. The summed E-state index contributed by atoms with van der Waals surface area (Å²) >= 11 is 0. The minimum atomic E-state index is -1.97. The third-order valence-electron chi connectivity index (χ3n) is 16.4. The van der Waals surface area contributed by atoms with Crippen molar-refractivity contribution >= 4 is 23.7 Å². The molecule has 4 N–H and O–H groups in total. The fourth-order valence-corrected chi connectivity index (χ4v) is 12.2. The van der Waals surface area contributed by atoms with Crippen LogP contribution in [0.5, 0.6) is 0 Å². The molecule has 4 aliphatic heterocycles. The van der Waals surface area contributed by atoms with Gasteiger partial charge in [0.15, 0.2) is 24.8 Å². The Morgan fingerprint density at radius 2 is 1.56 bits per heavy atom. The molecule has 1 unspecified atom stereocenters. The predicted molar refractivity (Wildman–Crippen MR) is 268 cm³/mol. The number of hydrogen-bond acceptors (Lipinski definition) is 18. The first kappa shape index (κ1) is 60.1. The Hall–Kier alpha value is -2.72. The quantitative estimate of drug-likeness (QED) is 0.0614. The molecule has 5 rings (SSSR count). The monoisotopic (exact) mass is 1030 g/mol. The van der Waals surface area contributed by atoms with Crippen LogP contribution in [0.1, 0.15) is 160 Å². The van der Waals surface area contributed by atoms with E-state index in [0.717, 1.165) is 25.7 Å². The number of carbonyl (C=O) groups is 3. The van der Waals surface area contributed by atoms with E-state index in [2.05, 4.69) is 5.43 Å². The van der Waals surface area contributed by atoms with E-state index in [0.29, 0.717) is 37.7 Å². The van der Waals surface area contributed by atoms with Crippen LogP contribution in [0.15, 0.2) is 5.16 Å². The molecule has 19 heteroatoms. The fraction of sp³-hybridized carbons (Fsp3) is 0.925. The number of nitrogens with one attached hydrogen (secondary N) is 1. The molecule has 4 heterocycles. The Balaban J connectivity index is 1.61. The van der Waals surface area contributed by atoms with Gasteiger partial charge in [0.25, 0.3) is 0 Å². The summed E-state index contributed by atoms with van der Waals surface area (Å²) in [5.74, 6) is -4.04. The molecule has 5 aliphatic rings. The average Bonchev–Trinajstić information content (AvgIpc) is 3.83. The molecule has 5 fully saturated rings. The lowest BCUT2D eigenvalue weighted by Crippen LogP contribution is -2.62. The minimum Gasteiger partial charge on any atom is -0.459 e. The van der Waals surface area contributed by atoms with Crippen LogP contribution < -0.4 is 5.43 Å². The van der Waals surface area contributed by atoms with E-state index >= 15 is 0 Å². The third-order valence-corrected chi connectivity index (χ3v) is 16.4. The van der Waals surface area contributed by atoms with E-state index < -0.39 is 114 Å². The number of likely N-dealkylation sites (N-methyl/N-ethyl adjacent to an activating group) is 1. The topological polar surface area (TPSA) is 226 Å². The second kappa shape index (κ2) is 26.4. The van der Waals surface area contributed by atoms with Crippen molar-refractivity contribution in [3.63, 3.8) is 0 Å². The number of nitrogens with zero attached hydrogens (tertiary/aromatic N) is 3. The zero-order valence-corrected chi connectivity index (χ0v) is 46.1. The molecular weight excluding hydrogens is 933 g/mol. The number of methoxy groups -OCH3 is 1. The first-order valence-electron chi connectivity index (χ1n) is 27.1. The fourth-order valence-electron chi connectivity index (χ4n) is 12.2. The van der Waals surface area contributed by atoms with Crippen molar-refractivity contribution in [1.82, 2.24) is 15.3 Å². The van der Waals surface area contributed by atoms with Gasteiger partial charge in [-0.1, -0.05) is 65.0 Å². The van der Waals surface area contributed by atoms with Crippen LogP contribution in [0.4, 0.5) is 4.79 Å². The number of hydrogen-bond donors (Lipinski definition) is 4. The zero-order valence-electron chi connectivity index (χ0n) is 46.1. The number of amides is 1. The summed E-state index contributed by atoms with van der Waals surface area (Å²) in [5.41, 5.74) is -1.59. The summed E-state index contributed by atoms with van der Waals surface area (Å²) in [4.78, 5) is 48.8. The van der Waals surface area contributed by atoms with E-state index in [1.165, 1.54) is 53.1 Å². The number of ether oxygens (including phenoxy) is 8. The third kappa shape index (κ3) is 15.2.